The van der Waals surface area contributed by atoms with E-state index >= 15 is 0 Å². The van der Waals surface area contributed by atoms with Crippen LogP contribution in [0.15, 0.2) is 29.3 Å². The Kier molecular flexibility index (Phi) is 5.88. The van der Waals surface area contributed by atoms with Gasteiger partial charge in [-0.1, -0.05) is 12.1 Å². The van der Waals surface area contributed by atoms with Crippen molar-refractivity contribution in [3.8, 4) is 5.75 Å². The molecule has 1 rings (SSSR count). The third-order valence-electron chi connectivity index (χ3n) is 1.77. The topological polar surface area (TPSA) is 52.8 Å². The summed E-state index contributed by atoms with van der Waals surface area (Å²) in [5.41, 5.74) is 0.740. The van der Waals surface area contributed by atoms with Gasteiger partial charge in [-0.3, -0.25) is 4.99 Å². The van der Waals surface area contributed by atoms with E-state index in [9.17, 15) is 5.11 Å². The molecule has 0 fully saturated rings. The summed E-state index contributed by atoms with van der Waals surface area (Å²) in [7, 11) is 0. The molecule has 0 aliphatic carbocycles. The zero-order valence-corrected chi connectivity index (χ0v) is 9.28. The largest absolute Gasteiger partial charge is 0.507 e. The van der Waals surface area contributed by atoms with Crippen molar-refractivity contribution < 1.29 is 10.2 Å². The first-order valence-electron chi connectivity index (χ1n) is 4.81. The predicted molar refractivity (Wildman–Crippen MR) is 65.0 cm³/mol. The van der Waals surface area contributed by atoms with Gasteiger partial charge in [-0.25, -0.2) is 0 Å². The fraction of sp³-hybridized carbons (Fsp3) is 0.364. The van der Waals surface area contributed by atoms with Gasteiger partial charge in [0, 0.05) is 29.8 Å². The lowest BCUT2D eigenvalue weighted by Crippen LogP contribution is -1.92. The molecule has 4 heteroatoms. The molecule has 0 atom stereocenters. The van der Waals surface area contributed by atoms with Crippen LogP contribution in [0.25, 0.3) is 0 Å². The third kappa shape index (κ3) is 4.85. The normalized spacial score (nSPS) is 11.0. The monoisotopic (exact) mass is 225 g/mol. The number of aliphatic imine (C=N–C) groups is 1. The van der Waals surface area contributed by atoms with Crippen LogP contribution in [0.5, 0.6) is 5.75 Å². The minimum absolute atomic E-state index is 0.216. The molecule has 0 spiro atoms. The van der Waals surface area contributed by atoms with Gasteiger partial charge < -0.3 is 10.2 Å². The lowest BCUT2D eigenvalue weighted by molar-refractivity contribution is 0.322. The summed E-state index contributed by atoms with van der Waals surface area (Å²) in [6.45, 7) is 0.923. The zero-order chi connectivity index (χ0) is 10.9. The molecule has 1 aromatic carbocycles. The van der Waals surface area contributed by atoms with Gasteiger partial charge in [-0.15, -0.1) is 0 Å². The number of para-hydroxylation sites is 1. The lowest BCUT2D eigenvalue weighted by Gasteiger charge is -1.97. The number of aromatic hydroxyl groups is 1. The van der Waals surface area contributed by atoms with E-state index in [0.717, 1.165) is 17.1 Å². The molecule has 0 unspecified atom stereocenters. The molecule has 15 heavy (non-hydrogen) atoms. The van der Waals surface area contributed by atoms with Gasteiger partial charge in [0.05, 0.1) is 6.61 Å². The molecule has 82 valence electrons. The average molecular weight is 225 g/mol. The van der Waals surface area contributed by atoms with E-state index in [1.807, 2.05) is 12.1 Å². The summed E-state index contributed by atoms with van der Waals surface area (Å²) < 4.78 is 0. The van der Waals surface area contributed by atoms with Crippen molar-refractivity contribution in [2.75, 3.05) is 24.7 Å². The van der Waals surface area contributed by atoms with Gasteiger partial charge in [-0.05, 0) is 12.1 Å². The predicted octanol–water partition coefficient (Wildman–Crippen LogP) is 1.54. The average Bonchev–Trinajstić information content (AvgIpc) is 2.25. The fourth-order valence-electron chi connectivity index (χ4n) is 1.04. The van der Waals surface area contributed by atoms with Gasteiger partial charge in [0.2, 0.25) is 0 Å². The van der Waals surface area contributed by atoms with Crippen molar-refractivity contribution >= 4 is 18.0 Å². The van der Waals surface area contributed by atoms with Gasteiger partial charge in [-0.2, -0.15) is 11.8 Å². The minimum Gasteiger partial charge on any atom is -0.507 e. The van der Waals surface area contributed by atoms with E-state index in [-0.39, 0.29) is 12.4 Å². The first-order chi connectivity index (χ1) is 7.34. The Morgan fingerprint density at radius 3 is 2.80 bits per heavy atom. The van der Waals surface area contributed by atoms with E-state index in [0.29, 0.717) is 6.54 Å². The van der Waals surface area contributed by atoms with Crippen LogP contribution in [0, 0.1) is 0 Å². The maximum Gasteiger partial charge on any atom is 0.124 e. The number of hydrogen-bond acceptors (Lipinski definition) is 4. The van der Waals surface area contributed by atoms with Crippen LogP contribution in [0.3, 0.4) is 0 Å². The molecule has 0 aromatic heterocycles. The summed E-state index contributed by atoms with van der Waals surface area (Å²) in [6, 6.07) is 7.10. The highest BCUT2D eigenvalue weighted by atomic mass is 32.2. The third-order valence-corrected chi connectivity index (χ3v) is 2.71. The molecule has 0 radical (unpaired) electrons. The second-order valence-electron chi connectivity index (χ2n) is 2.93. The van der Waals surface area contributed by atoms with Crippen molar-refractivity contribution in [1.29, 1.82) is 0 Å². The molecule has 0 aliphatic rings. The Balaban J connectivity index is 2.29. The molecule has 0 amide bonds. The van der Waals surface area contributed by atoms with Crippen LogP contribution in [0.4, 0.5) is 0 Å². The van der Waals surface area contributed by atoms with Gasteiger partial charge in [0.15, 0.2) is 0 Å². The second kappa shape index (κ2) is 7.31. The van der Waals surface area contributed by atoms with Crippen LogP contribution in [-0.2, 0) is 0 Å². The Hall–Kier alpha value is -1.00. The second-order valence-corrected chi connectivity index (χ2v) is 4.15. The number of aliphatic hydroxyl groups is 1. The minimum atomic E-state index is 0.216. The van der Waals surface area contributed by atoms with Crippen molar-refractivity contribution in [1.82, 2.24) is 0 Å². The maximum absolute atomic E-state index is 9.42. The highest BCUT2D eigenvalue weighted by molar-refractivity contribution is 7.99. The number of benzene rings is 1. The number of thioether (sulfide) groups is 1. The Morgan fingerprint density at radius 1 is 1.27 bits per heavy atom. The molecular weight excluding hydrogens is 210 g/mol. The molecule has 0 saturated heterocycles. The van der Waals surface area contributed by atoms with Crippen molar-refractivity contribution in [3.63, 3.8) is 0 Å². The van der Waals surface area contributed by atoms with Gasteiger partial charge in [0.1, 0.15) is 5.75 Å². The summed E-state index contributed by atoms with van der Waals surface area (Å²) in [5.74, 6) is 1.90. The standard InChI is InChI=1S/C11H15NO2S/c13-6-8-15-7-5-12-9-10-3-1-2-4-11(10)14/h1-4,9,13-14H,5-8H2. The highest BCUT2D eigenvalue weighted by Crippen LogP contribution is 2.12. The summed E-state index contributed by atoms with van der Waals surface area (Å²) in [5, 5.41) is 18.0. The van der Waals surface area contributed by atoms with Gasteiger partial charge in [0.25, 0.3) is 0 Å². The summed E-state index contributed by atoms with van der Waals surface area (Å²) in [4.78, 5) is 4.19. The smallest absolute Gasteiger partial charge is 0.124 e. The van der Waals surface area contributed by atoms with Crippen LogP contribution in [-0.4, -0.2) is 41.1 Å². The molecule has 0 aliphatic heterocycles. The van der Waals surface area contributed by atoms with E-state index in [1.165, 1.54) is 0 Å². The molecule has 2 N–H and O–H groups in total. The van der Waals surface area contributed by atoms with E-state index in [1.54, 1.807) is 30.1 Å². The molecule has 0 heterocycles. The Morgan fingerprint density at radius 2 is 2.07 bits per heavy atom. The number of nitrogens with zero attached hydrogens (tertiary/aromatic N) is 1. The zero-order valence-electron chi connectivity index (χ0n) is 8.47. The number of rotatable bonds is 6. The van der Waals surface area contributed by atoms with Crippen molar-refractivity contribution in [2.45, 2.75) is 0 Å². The molecule has 0 bridgehead atoms. The van der Waals surface area contributed by atoms with E-state index in [4.69, 9.17) is 5.11 Å². The first-order valence-corrected chi connectivity index (χ1v) is 5.96. The lowest BCUT2D eigenvalue weighted by atomic mass is 10.2. The van der Waals surface area contributed by atoms with Gasteiger partial charge >= 0.3 is 0 Å². The maximum atomic E-state index is 9.42. The first kappa shape index (κ1) is 12.1. The number of hydrogen-bond donors (Lipinski definition) is 2. The molecule has 0 saturated carbocycles. The van der Waals surface area contributed by atoms with E-state index in [2.05, 4.69) is 4.99 Å². The van der Waals surface area contributed by atoms with Crippen molar-refractivity contribution in [2.24, 2.45) is 4.99 Å². The molecule has 3 nitrogen and oxygen atoms in total. The highest BCUT2D eigenvalue weighted by Gasteiger charge is 1.93. The Labute approximate surface area is 93.9 Å². The number of phenols is 1. The Bertz CT molecular complexity index is 315. The van der Waals surface area contributed by atoms with Crippen LogP contribution in [0.1, 0.15) is 5.56 Å². The van der Waals surface area contributed by atoms with Crippen LogP contribution in [0.2, 0.25) is 0 Å². The quantitative estimate of drug-likeness (QED) is 0.570. The van der Waals surface area contributed by atoms with Crippen LogP contribution < -0.4 is 0 Å². The molecule has 1 aromatic rings. The SMILES string of the molecule is OCCSCCN=Cc1ccccc1O. The number of aliphatic hydroxyl groups excluding tert-OH is 1. The van der Waals surface area contributed by atoms with E-state index < -0.39 is 0 Å². The summed E-state index contributed by atoms with van der Waals surface area (Å²) >= 11 is 1.67. The van der Waals surface area contributed by atoms with Crippen LogP contribution >= 0.6 is 11.8 Å². The number of phenolic OH excluding ortho intramolecular Hbond substituents is 1. The molecular formula is C11H15NO2S. The van der Waals surface area contributed by atoms with Crippen molar-refractivity contribution in [3.05, 3.63) is 29.8 Å². The summed E-state index contributed by atoms with van der Waals surface area (Å²) in [6.07, 6.45) is 1.68. The fourth-order valence-corrected chi connectivity index (χ4v) is 1.61.